The number of carbonyl (C=O) groups excluding carboxylic acids is 3. The standard InChI is InChI=1S/C37H42N6O6/c1-21(2)15-28(38)34(45)41-32(17-23-19-39-29-9-5-3-7-26(23)29)36(47)42-31(16-22-11-13-25(44)14-12-22)35(46)43-33(37(48)49)18-24-20-40-30-10-6-4-8-27(24)30/h3-14,19-21,28,31-33,39-40,44H,15-18,38H2,1-2H3,(H,41,45)(H,42,47)(H,43,46)(H,48,49). The highest BCUT2D eigenvalue weighted by Crippen LogP contribution is 2.21. The maximum Gasteiger partial charge on any atom is 0.326 e. The molecular formula is C37H42N6O6. The summed E-state index contributed by atoms with van der Waals surface area (Å²) in [5.74, 6) is -2.93. The van der Waals surface area contributed by atoms with Gasteiger partial charge in [-0.25, -0.2) is 4.79 Å². The number of fused-ring (bicyclic) bond motifs is 2. The molecule has 256 valence electrons. The maximum absolute atomic E-state index is 14.1. The summed E-state index contributed by atoms with van der Waals surface area (Å²) in [6.45, 7) is 3.89. The van der Waals surface area contributed by atoms with Crippen molar-refractivity contribution < 1.29 is 29.4 Å². The number of hydrogen-bond donors (Lipinski definition) is 8. The number of aromatic hydroxyl groups is 1. The zero-order valence-electron chi connectivity index (χ0n) is 27.4. The van der Waals surface area contributed by atoms with E-state index >= 15 is 0 Å². The third kappa shape index (κ3) is 8.85. The molecule has 0 aliphatic carbocycles. The van der Waals surface area contributed by atoms with Crippen molar-refractivity contribution in [2.45, 2.75) is 63.7 Å². The van der Waals surface area contributed by atoms with E-state index < -0.39 is 47.9 Å². The van der Waals surface area contributed by atoms with Crippen LogP contribution in [0.15, 0.2) is 85.2 Å². The summed E-state index contributed by atoms with van der Waals surface area (Å²) in [5, 5.41) is 29.8. The quantitative estimate of drug-likeness (QED) is 0.0837. The van der Waals surface area contributed by atoms with Crippen LogP contribution in [-0.4, -0.2) is 68.0 Å². The number of nitrogens with two attached hydrogens (primary N) is 1. The van der Waals surface area contributed by atoms with Gasteiger partial charge in [-0.2, -0.15) is 0 Å². The average Bonchev–Trinajstić information content (AvgIpc) is 3.68. The summed E-state index contributed by atoms with van der Waals surface area (Å²) in [4.78, 5) is 59.8. The fourth-order valence-electron chi connectivity index (χ4n) is 5.97. The molecule has 2 aromatic heterocycles. The van der Waals surface area contributed by atoms with Crippen molar-refractivity contribution in [3.05, 3.63) is 102 Å². The smallest absolute Gasteiger partial charge is 0.326 e. The molecule has 2 heterocycles. The van der Waals surface area contributed by atoms with Gasteiger partial charge in [0, 0.05) is 53.5 Å². The minimum absolute atomic E-state index is 0.00204. The summed E-state index contributed by atoms with van der Waals surface area (Å²) in [7, 11) is 0. The van der Waals surface area contributed by atoms with E-state index in [0.717, 1.165) is 27.4 Å². The van der Waals surface area contributed by atoms with Crippen LogP contribution in [0.4, 0.5) is 0 Å². The van der Waals surface area contributed by atoms with Crippen LogP contribution in [0.5, 0.6) is 5.75 Å². The predicted molar refractivity (Wildman–Crippen MR) is 187 cm³/mol. The van der Waals surface area contributed by atoms with Crippen molar-refractivity contribution in [2.75, 3.05) is 0 Å². The fourth-order valence-corrected chi connectivity index (χ4v) is 5.97. The maximum atomic E-state index is 14.1. The molecule has 9 N–H and O–H groups in total. The van der Waals surface area contributed by atoms with Gasteiger partial charge in [-0.1, -0.05) is 62.4 Å². The van der Waals surface area contributed by atoms with E-state index in [1.165, 1.54) is 12.1 Å². The van der Waals surface area contributed by atoms with Crippen LogP contribution >= 0.6 is 0 Å². The molecule has 0 aliphatic rings. The number of carbonyl (C=O) groups is 4. The molecule has 5 rings (SSSR count). The summed E-state index contributed by atoms with van der Waals surface area (Å²) < 4.78 is 0. The van der Waals surface area contributed by atoms with Gasteiger partial charge in [0.15, 0.2) is 0 Å². The minimum Gasteiger partial charge on any atom is -0.508 e. The van der Waals surface area contributed by atoms with Gasteiger partial charge < -0.3 is 41.9 Å². The molecule has 4 unspecified atom stereocenters. The van der Waals surface area contributed by atoms with Gasteiger partial charge in [0.25, 0.3) is 0 Å². The number of rotatable bonds is 15. The van der Waals surface area contributed by atoms with Crippen LogP contribution in [0.1, 0.15) is 37.0 Å². The van der Waals surface area contributed by atoms with Crippen molar-refractivity contribution in [3.63, 3.8) is 0 Å². The average molecular weight is 667 g/mol. The number of aliphatic carboxylic acids is 1. The Morgan fingerprint density at radius 3 is 1.67 bits per heavy atom. The molecule has 5 aromatic rings. The largest absolute Gasteiger partial charge is 0.508 e. The number of H-pyrrole nitrogens is 2. The first-order chi connectivity index (χ1) is 23.5. The molecule has 0 aliphatic heterocycles. The third-order valence-electron chi connectivity index (χ3n) is 8.52. The monoisotopic (exact) mass is 666 g/mol. The molecule has 0 spiro atoms. The Labute approximate surface area is 283 Å². The van der Waals surface area contributed by atoms with Gasteiger partial charge >= 0.3 is 5.97 Å². The Bertz CT molecular complexity index is 1930. The van der Waals surface area contributed by atoms with Crippen molar-refractivity contribution in [2.24, 2.45) is 11.7 Å². The zero-order chi connectivity index (χ0) is 35.1. The number of carboxylic acids is 1. The van der Waals surface area contributed by atoms with Crippen molar-refractivity contribution >= 4 is 45.5 Å². The van der Waals surface area contributed by atoms with Gasteiger partial charge in [-0.05, 0) is 53.3 Å². The molecule has 0 saturated carbocycles. The first-order valence-corrected chi connectivity index (χ1v) is 16.3. The Balaban J connectivity index is 1.40. The molecule has 0 saturated heterocycles. The second-order valence-corrected chi connectivity index (χ2v) is 12.8. The lowest BCUT2D eigenvalue weighted by Gasteiger charge is -2.26. The molecule has 3 amide bonds. The predicted octanol–water partition coefficient (Wildman–Crippen LogP) is 3.30. The minimum atomic E-state index is -1.30. The van der Waals surface area contributed by atoms with E-state index in [2.05, 4.69) is 25.9 Å². The Morgan fingerprint density at radius 2 is 1.14 bits per heavy atom. The number of benzene rings is 3. The van der Waals surface area contributed by atoms with Crippen LogP contribution in [0.2, 0.25) is 0 Å². The number of nitrogens with one attached hydrogen (secondary N) is 5. The number of phenols is 1. The molecule has 12 nitrogen and oxygen atoms in total. The highest BCUT2D eigenvalue weighted by molar-refractivity contribution is 5.95. The van der Waals surface area contributed by atoms with Crippen molar-refractivity contribution in [3.8, 4) is 5.75 Å². The summed E-state index contributed by atoms with van der Waals surface area (Å²) in [6.07, 6.45) is 3.97. The topological polar surface area (TPSA) is 202 Å². The second-order valence-electron chi connectivity index (χ2n) is 12.8. The number of phenolic OH excluding ortho intramolecular Hbond substituents is 1. The van der Waals surface area contributed by atoms with Gasteiger partial charge in [0.05, 0.1) is 6.04 Å². The summed E-state index contributed by atoms with van der Waals surface area (Å²) >= 11 is 0. The van der Waals surface area contributed by atoms with Crippen molar-refractivity contribution in [1.29, 1.82) is 0 Å². The molecule has 0 bridgehead atoms. The van der Waals surface area contributed by atoms with E-state index in [1.807, 2.05) is 62.4 Å². The van der Waals surface area contributed by atoms with E-state index in [-0.39, 0.29) is 30.9 Å². The van der Waals surface area contributed by atoms with Crippen LogP contribution in [0.25, 0.3) is 21.8 Å². The number of para-hydroxylation sites is 2. The normalized spacial score (nSPS) is 13.9. The van der Waals surface area contributed by atoms with Gasteiger partial charge in [0.2, 0.25) is 17.7 Å². The van der Waals surface area contributed by atoms with Gasteiger partial charge in [0.1, 0.15) is 23.9 Å². The van der Waals surface area contributed by atoms with E-state index in [9.17, 15) is 29.4 Å². The number of amides is 3. The summed E-state index contributed by atoms with van der Waals surface area (Å²) in [5.41, 5.74) is 9.97. The molecule has 49 heavy (non-hydrogen) atoms. The van der Waals surface area contributed by atoms with Gasteiger partial charge in [-0.15, -0.1) is 0 Å². The lowest BCUT2D eigenvalue weighted by molar-refractivity contribution is -0.142. The highest BCUT2D eigenvalue weighted by atomic mass is 16.4. The molecule has 0 fully saturated rings. The molecule has 12 heteroatoms. The van der Waals surface area contributed by atoms with Crippen LogP contribution in [-0.2, 0) is 38.4 Å². The van der Waals surface area contributed by atoms with E-state index in [0.29, 0.717) is 17.5 Å². The van der Waals surface area contributed by atoms with E-state index in [4.69, 9.17) is 5.73 Å². The van der Waals surface area contributed by atoms with Gasteiger partial charge in [-0.3, -0.25) is 14.4 Å². The first kappa shape index (κ1) is 34.7. The highest BCUT2D eigenvalue weighted by Gasteiger charge is 2.31. The number of carboxylic acid groups (broad SMARTS) is 1. The van der Waals surface area contributed by atoms with Crippen LogP contribution < -0.4 is 21.7 Å². The Kier molecular flexibility index (Phi) is 11.0. The zero-order valence-corrected chi connectivity index (χ0v) is 27.4. The van der Waals surface area contributed by atoms with Crippen LogP contribution in [0.3, 0.4) is 0 Å². The Hall–Kier alpha value is -5.62. The number of aromatic nitrogens is 2. The number of hydrogen-bond acceptors (Lipinski definition) is 6. The van der Waals surface area contributed by atoms with Crippen molar-refractivity contribution in [1.82, 2.24) is 25.9 Å². The molecule has 3 aromatic carbocycles. The summed E-state index contributed by atoms with van der Waals surface area (Å²) in [6, 6.07) is 16.7. The third-order valence-corrected chi connectivity index (χ3v) is 8.52. The molecule has 0 radical (unpaired) electrons. The molecular weight excluding hydrogens is 624 g/mol. The first-order valence-electron chi connectivity index (χ1n) is 16.3. The van der Waals surface area contributed by atoms with Crippen LogP contribution in [0, 0.1) is 5.92 Å². The fraction of sp³-hybridized carbons (Fsp3) is 0.297. The SMILES string of the molecule is CC(C)CC(N)C(=O)NC(Cc1c[nH]c2ccccc12)C(=O)NC(Cc1ccc(O)cc1)C(=O)NC(Cc1c[nH]c2ccccc12)C(=O)O. The molecule has 4 atom stereocenters. The lowest BCUT2D eigenvalue weighted by atomic mass is 10.00. The lowest BCUT2D eigenvalue weighted by Crippen LogP contribution is -2.58. The van der Waals surface area contributed by atoms with E-state index in [1.54, 1.807) is 24.5 Å². The second kappa shape index (κ2) is 15.5. The number of aromatic amines is 2. The Morgan fingerprint density at radius 1 is 0.673 bits per heavy atom.